The second-order valence-electron chi connectivity index (χ2n) is 9.60. The third-order valence-corrected chi connectivity index (χ3v) is 7.72. The monoisotopic (exact) mass is 545 g/mol. The number of nitrogens with zero attached hydrogens (tertiary/aromatic N) is 5. The van der Waals surface area contributed by atoms with Crippen molar-refractivity contribution in [3.63, 3.8) is 0 Å². The zero-order valence-corrected chi connectivity index (χ0v) is 22.5. The maximum atomic E-state index is 13.7. The van der Waals surface area contributed by atoms with Gasteiger partial charge in [0.05, 0.1) is 17.4 Å². The van der Waals surface area contributed by atoms with Crippen LogP contribution >= 0.6 is 23.2 Å². The maximum Gasteiger partial charge on any atom is 0.285 e. The molecule has 0 saturated heterocycles. The van der Waals surface area contributed by atoms with Crippen molar-refractivity contribution in [2.45, 2.75) is 45.7 Å². The minimum atomic E-state index is -0.584. The largest absolute Gasteiger partial charge is 0.285 e. The first-order chi connectivity index (χ1) is 18.3. The summed E-state index contributed by atoms with van der Waals surface area (Å²) in [6, 6.07) is 16.6. The first kappa shape index (κ1) is 25.9. The molecule has 2 heterocycles. The Morgan fingerprint density at radius 2 is 1.76 bits per heavy atom. The molecule has 1 aliphatic carbocycles. The summed E-state index contributed by atoms with van der Waals surface area (Å²) in [6.07, 6.45) is 4.77. The van der Waals surface area contributed by atoms with Crippen LogP contribution in [-0.4, -0.2) is 26.4 Å². The average molecular weight is 546 g/mol. The lowest BCUT2D eigenvalue weighted by Gasteiger charge is -2.29. The van der Waals surface area contributed by atoms with Crippen molar-refractivity contribution in [3.8, 4) is 6.07 Å². The molecule has 1 aromatic heterocycles. The van der Waals surface area contributed by atoms with E-state index in [-0.39, 0.29) is 30.0 Å². The second-order valence-corrected chi connectivity index (χ2v) is 10.5. The van der Waals surface area contributed by atoms with Gasteiger partial charge in [0.15, 0.2) is 0 Å². The molecule has 2 unspecified atom stereocenters. The summed E-state index contributed by atoms with van der Waals surface area (Å²) in [6.45, 7) is 3.07. The molecule has 5 rings (SSSR count). The first-order valence-corrected chi connectivity index (χ1v) is 13.1. The van der Waals surface area contributed by atoms with E-state index in [4.69, 9.17) is 28.3 Å². The lowest BCUT2D eigenvalue weighted by molar-refractivity contribution is -0.134. The van der Waals surface area contributed by atoms with Gasteiger partial charge in [-0.3, -0.25) is 9.59 Å². The molecule has 7 nitrogen and oxygen atoms in total. The predicted molar refractivity (Wildman–Crippen MR) is 148 cm³/mol. The summed E-state index contributed by atoms with van der Waals surface area (Å²) in [5.74, 6) is -0.383. The van der Waals surface area contributed by atoms with Crippen molar-refractivity contribution < 1.29 is 4.79 Å². The van der Waals surface area contributed by atoms with Crippen LogP contribution < -0.4 is 5.56 Å². The maximum absolute atomic E-state index is 13.7. The fourth-order valence-electron chi connectivity index (χ4n) is 5.17. The molecule has 0 radical (unpaired) electrons. The van der Waals surface area contributed by atoms with Gasteiger partial charge in [0.25, 0.3) is 11.5 Å². The van der Waals surface area contributed by atoms with E-state index in [1.807, 2.05) is 42.5 Å². The highest BCUT2D eigenvalue weighted by Crippen LogP contribution is 2.44. The minimum absolute atomic E-state index is 0.00543. The summed E-state index contributed by atoms with van der Waals surface area (Å²) in [4.78, 5) is 26.6. The van der Waals surface area contributed by atoms with Crippen LogP contribution in [0, 0.1) is 31.1 Å². The molecule has 3 aromatic rings. The van der Waals surface area contributed by atoms with E-state index in [1.165, 1.54) is 5.01 Å². The Hall–Kier alpha value is -3.73. The van der Waals surface area contributed by atoms with Crippen LogP contribution in [0.15, 0.2) is 64.0 Å². The summed E-state index contributed by atoms with van der Waals surface area (Å²) in [5, 5.41) is 21.4. The molecule has 1 saturated carbocycles. The number of aromatic nitrogens is 2. The number of hydrogen-bond acceptors (Lipinski definition) is 5. The smallest absolute Gasteiger partial charge is 0.271 e. The predicted octanol–water partition coefficient (Wildman–Crippen LogP) is 5.86. The van der Waals surface area contributed by atoms with Crippen molar-refractivity contribution in [1.29, 1.82) is 5.26 Å². The van der Waals surface area contributed by atoms with Gasteiger partial charge < -0.3 is 0 Å². The highest BCUT2D eigenvalue weighted by molar-refractivity contribution is 6.30. The summed E-state index contributed by atoms with van der Waals surface area (Å²) in [7, 11) is 0. The molecule has 192 valence electrons. The van der Waals surface area contributed by atoms with Crippen LogP contribution in [0.25, 0.3) is 6.08 Å². The standard InChI is InChI=1S/C29H25Cl2N5O2/c1-17-18(2)33-35(29(38)25(17)15-32)16-26(37)36-28(20-8-12-23(31)13-9-20)24-5-3-4-21(27(24)34-36)14-19-6-10-22(30)11-7-19/h6-14,24,28H,3-5,16H2,1-2H3/b21-14-. The van der Waals surface area contributed by atoms with E-state index in [9.17, 15) is 14.9 Å². The molecule has 0 N–H and O–H groups in total. The number of hydrazone groups is 1. The van der Waals surface area contributed by atoms with Gasteiger partial charge in [0.2, 0.25) is 0 Å². The summed E-state index contributed by atoms with van der Waals surface area (Å²) in [5.41, 5.74) is 4.33. The number of hydrogen-bond donors (Lipinski definition) is 0. The van der Waals surface area contributed by atoms with Crippen molar-refractivity contribution in [3.05, 3.63) is 102 Å². The van der Waals surface area contributed by atoms with Gasteiger partial charge >= 0.3 is 0 Å². The topological polar surface area (TPSA) is 91.3 Å². The van der Waals surface area contributed by atoms with Crippen LogP contribution in [0.4, 0.5) is 0 Å². The SMILES string of the molecule is Cc1nn(CC(=O)N2N=C3/C(=C\c4ccc(Cl)cc4)CCCC3C2c2ccc(Cl)cc2)c(=O)c(C#N)c1C. The van der Waals surface area contributed by atoms with E-state index in [1.54, 1.807) is 26.0 Å². The molecule has 1 fully saturated rings. The van der Waals surface area contributed by atoms with Crippen molar-refractivity contribution in [1.82, 2.24) is 14.8 Å². The van der Waals surface area contributed by atoms with Gasteiger partial charge in [-0.25, -0.2) is 9.69 Å². The number of aryl methyl sites for hydroxylation is 1. The molecule has 1 amide bonds. The van der Waals surface area contributed by atoms with E-state index in [0.29, 0.717) is 21.3 Å². The number of allylic oxidation sites excluding steroid dienone is 1. The number of rotatable bonds is 4. The van der Waals surface area contributed by atoms with Gasteiger partial charge in [0.1, 0.15) is 18.2 Å². The van der Waals surface area contributed by atoms with Crippen molar-refractivity contribution in [2.75, 3.05) is 0 Å². The fourth-order valence-corrected chi connectivity index (χ4v) is 5.42. The highest BCUT2D eigenvalue weighted by atomic mass is 35.5. The Bertz CT molecular complexity index is 1570. The van der Waals surface area contributed by atoms with Crippen LogP contribution in [0.2, 0.25) is 10.0 Å². The van der Waals surface area contributed by atoms with Crippen LogP contribution in [0.5, 0.6) is 0 Å². The van der Waals surface area contributed by atoms with E-state index < -0.39 is 5.56 Å². The van der Waals surface area contributed by atoms with Crippen LogP contribution in [0.1, 0.15) is 53.3 Å². The fraction of sp³-hybridized carbons (Fsp3) is 0.276. The van der Waals surface area contributed by atoms with Crippen molar-refractivity contribution >= 4 is 40.9 Å². The van der Waals surface area contributed by atoms with Gasteiger partial charge in [-0.1, -0.05) is 47.5 Å². The number of carbonyl (C=O) groups excluding carboxylic acids is 1. The molecule has 2 atom stereocenters. The Labute approximate surface area is 230 Å². The second kappa shape index (κ2) is 10.6. The molecule has 2 aromatic carbocycles. The molecular weight excluding hydrogens is 521 g/mol. The molecule has 9 heteroatoms. The van der Waals surface area contributed by atoms with Gasteiger partial charge in [-0.15, -0.1) is 0 Å². The summed E-state index contributed by atoms with van der Waals surface area (Å²) >= 11 is 12.2. The van der Waals surface area contributed by atoms with Gasteiger partial charge in [0, 0.05) is 16.0 Å². The Kier molecular flexibility index (Phi) is 7.20. The number of benzene rings is 2. The number of amides is 1. The zero-order valence-electron chi connectivity index (χ0n) is 21.0. The number of fused-ring (bicyclic) bond motifs is 1. The molecular formula is C29H25Cl2N5O2. The lowest BCUT2D eigenvalue weighted by Crippen LogP contribution is -2.38. The molecule has 0 bridgehead atoms. The molecule has 38 heavy (non-hydrogen) atoms. The quantitative estimate of drug-likeness (QED) is 0.410. The number of halogens is 2. The van der Waals surface area contributed by atoms with Gasteiger partial charge in [-0.05, 0) is 85.7 Å². The average Bonchev–Trinajstić information content (AvgIpc) is 3.30. The molecule has 1 aliphatic heterocycles. The minimum Gasteiger partial charge on any atom is -0.271 e. The first-order valence-electron chi connectivity index (χ1n) is 12.4. The zero-order chi connectivity index (χ0) is 27.0. The number of nitriles is 1. The number of carbonyl (C=O) groups is 1. The normalized spacial score (nSPS) is 19.7. The van der Waals surface area contributed by atoms with Crippen molar-refractivity contribution in [2.24, 2.45) is 11.0 Å². The lowest BCUT2D eigenvalue weighted by atomic mass is 9.77. The van der Waals surface area contributed by atoms with Crippen LogP contribution in [0.3, 0.4) is 0 Å². The third-order valence-electron chi connectivity index (χ3n) is 7.21. The van der Waals surface area contributed by atoms with E-state index in [0.717, 1.165) is 46.4 Å². The summed E-state index contributed by atoms with van der Waals surface area (Å²) < 4.78 is 1.06. The van der Waals surface area contributed by atoms with E-state index in [2.05, 4.69) is 11.2 Å². The van der Waals surface area contributed by atoms with Gasteiger partial charge in [-0.2, -0.15) is 15.5 Å². The molecule has 2 aliphatic rings. The molecule has 0 spiro atoms. The highest BCUT2D eigenvalue weighted by Gasteiger charge is 2.43. The Balaban J connectivity index is 1.55. The Morgan fingerprint density at radius 1 is 1.11 bits per heavy atom. The Morgan fingerprint density at radius 3 is 2.42 bits per heavy atom. The van der Waals surface area contributed by atoms with Crippen LogP contribution in [-0.2, 0) is 11.3 Å². The van der Waals surface area contributed by atoms with E-state index >= 15 is 0 Å². The third kappa shape index (κ3) is 4.90.